The molecule has 0 aliphatic heterocycles. The maximum Gasteiger partial charge on any atom is 4.00 e. The Bertz CT molecular complexity index is 162. The van der Waals surface area contributed by atoms with Gasteiger partial charge in [0.2, 0.25) is 0 Å². The predicted molar refractivity (Wildman–Crippen MR) is 51.5 cm³/mol. The summed E-state index contributed by atoms with van der Waals surface area (Å²) >= 11 is 0. The Balaban J connectivity index is -0.0000000192. The molecule has 0 aromatic rings. The summed E-state index contributed by atoms with van der Waals surface area (Å²) in [5.74, 6) is 0. The number of hydrogen-bond donors (Lipinski definition) is 2. The van der Waals surface area contributed by atoms with E-state index in [9.17, 15) is 0 Å². The quantitative estimate of drug-likeness (QED) is 0.324. The van der Waals surface area contributed by atoms with Crippen molar-refractivity contribution in [3.05, 3.63) is 61.3 Å². The van der Waals surface area contributed by atoms with E-state index in [2.05, 4.69) is 0 Å². The summed E-state index contributed by atoms with van der Waals surface area (Å²) in [4.78, 5) is 33.0. The predicted octanol–water partition coefficient (Wildman–Crippen LogP) is -0.635. The normalized spacial score (nSPS) is 5.05. The van der Waals surface area contributed by atoms with E-state index in [0.717, 1.165) is 0 Å². The maximum absolute atomic E-state index is 8.25. The molecule has 0 saturated heterocycles. The van der Waals surface area contributed by atoms with Crippen LogP contribution < -0.4 is 12.3 Å². The van der Waals surface area contributed by atoms with E-state index >= 15 is 0 Å². The van der Waals surface area contributed by atoms with Gasteiger partial charge in [0.25, 0.3) is 0 Å². The minimum Gasteiger partial charge on any atom is -0.356 e. The Kier molecular flexibility index (Phi) is 83.7. The molecular formula is H6N6O12Pt. The molecule has 0 saturated carbocycles. The molecule has 118 valence electrons. The van der Waals surface area contributed by atoms with E-state index in [4.69, 9.17) is 61.3 Å². The zero-order valence-corrected chi connectivity index (χ0v) is 10.7. The van der Waals surface area contributed by atoms with Crippen LogP contribution in [-0.2, 0) is 21.1 Å². The second-order valence-corrected chi connectivity index (χ2v) is 0.894. The van der Waals surface area contributed by atoms with Crippen molar-refractivity contribution in [2.75, 3.05) is 0 Å². The van der Waals surface area contributed by atoms with E-state index in [-0.39, 0.29) is 33.4 Å². The first-order valence-corrected chi connectivity index (χ1v) is 2.19. The molecular weight excluding hydrogens is 471 g/mol. The summed E-state index contributed by atoms with van der Waals surface area (Å²) in [6, 6.07) is 0. The van der Waals surface area contributed by atoms with Gasteiger partial charge in [0.05, 0.1) is 20.3 Å². The third kappa shape index (κ3) is 412. The number of hydrogen-bond acceptors (Lipinski definition) is 14. The zero-order valence-electron chi connectivity index (χ0n) is 8.42. The van der Waals surface area contributed by atoms with Crippen LogP contribution >= 0.6 is 0 Å². The van der Waals surface area contributed by atoms with Gasteiger partial charge in [0, 0.05) is 0 Å². The van der Waals surface area contributed by atoms with Crippen LogP contribution in [0, 0.1) is 61.3 Å². The van der Waals surface area contributed by atoms with Crippen molar-refractivity contribution in [3.63, 3.8) is 0 Å². The van der Waals surface area contributed by atoms with Gasteiger partial charge in [-0.2, -0.15) is 0 Å². The Morgan fingerprint density at radius 1 is 0.421 bits per heavy atom. The molecule has 0 aliphatic rings. The van der Waals surface area contributed by atoms with Crippen LogP contribution in [0.1, 0.15) is 0 Å². The van der Waals surface area contributed by atoms with Crippen molar-refractivity contribution in [2.24, 2.45) is 0 Å². The minimum absolute atomic E-state index is 0. The van der Waals surface area contributed by atoms with Crippen molar-refractivity contribution >= 4 is 0 Å². The van der Waals surface area contributed by atoms with E-state index < -0.39 is 20.3 Å². The molecule has 19 heteroatoms. The average molecular weight is 477 g/mol. The molecule has 0 aromatic carbocycles. The molecule has 19 heavy (non-hydrogen) atoms. The molecule has 0 fully saturated rings. The topological polar surface area (TPSA) is 335 Å². The van der Waals surface area contributed by atoms with Crippen LogP contribution in [-0.4, -0.2) is 20.3 Å². The molecule has 6 N–H and O–H groups in total. The smallest absolute Gasteiger partial charge is 0.356 e. The Hall–Kier alpha value is -2.59. The number of rotatable bonds is 0. The molecule has 0 radical (unpaired) electrons. The monoisotopic (exact) mass is 477 g/mol. The Morgan fingerprint density at radius 2 is 0.421 bits per heavy atom. The van der Waals surface area contributed by atoms with Gasteiger partial charge < -0.3 is 73.6 Å². The summed E-state index contributed by atoms with van der Waals surface area (Å²) in [6.07, 6.45) is 0. The third-order valence-corrected chi connectivity index (χ3v) is 0. The van der Waals surface area contributed by atoms with Crippen molar-refractivity contribution in [1.29, 1.82) is 0 Å². The molecule has 0 unspecified atom stereocenters. The van der Waals surface area contributed by atoms with Gasteiger partial charge >= 0.3 is 21.1 Å². The summed E-state index contributed by atoms with van der Waals surface area (Å²) < 4.78 is 0. The van der Waals surface area contributed by atoms with Gasteiger partial charge in [-0.15, -0.1) is 0 Å². The first kappa shape index (κ1) is 44.0. The largest absolute Gasteiger partial charge is 4.00 e. The van der Waals surface area contributed by atoms with Crippen LogP contribution in [0.15, 0.2) is 0 Å². The molecule has 0 aromatic heterocycles. The molecule has 0 rings (SSSR count). The van der Waals surface area contributed by atoms with Crippen LogP contribution in [0.3, 0.4) is 0 Å². The first-order chi connectivity index (χ1) is 6.93. The average Bonchev–Trinajstić information content (AvgIpc) is 1.76. The van der Waals surface area contributed by atoms with Crippen LogP contribution in [0.5, 0.6) is 0 Å². The van der Waals surface area contributed by atoms with Gasteiger partial charge in [0.15, 0.2) is 0 Å². The van der Waals surface area contributed by atoms with Crippen molar-refractivity contribution in [1.82, 2.24) is 12.3 Å². The van der Waals surface area contributed by atoms with Gasteiger partial charge in [-0.05, 0) is 0 Å². The fourth-order valence-electron chi connectivity index (χ4n) is 0. The van der Waals surface area contributed by atoms with Crippen molar-refractivity contribution in [2.45, 2.75) is 0 Å². The summed E-state index contributed by atoms with van der Waals surface area (Å²) in [5, 5.41) is 59.0. The summed E-state index contributed by atoms with van der Waals surface area (Å²) in [7, 11) is 0. The van der Waals surface area contributed by atoms with Crippen molar-refractivity contribution in [3.8, 4) is 0 Å². The molecule has 0 heterocycles. The first-order valence-electron chi connectivity index (χ1n) is 2.19. The molecule has 0 spiro atoms. The maximum atomic E-state index is 8.25. The van der Waals surface area contributed by atoms with Gasteiger partial charge in [0.1, 0.15) is 0 Å². The van der Waals surface area contributed by atoms with Crippen molar-refractivity contribution < 1.29 is 41.4 Å². The second-order valence-electron chi connectivity index (χ2n) is 0.894. The fourth-order valence-corrected chi connectivity index (χ4v) is 0. The Morgan fingerprint density at radius 3 is 0.421 bits per heavy atom. The minimum atomic E-state index is -1.75. The Labute approximate surface area is 116 Å². The zero-order chi connectivity index (χ0) is 14.3. The van der Waals surface area contributed by atoms with Crippen LogP contribution in [0.4, 0.5) is 0 Å². The van der Waals surface area contributed by atoms with Crippen LogP contribution in [0.2, 0.25) is 0 Å². The molecule has 18 nitrogen and oxygen atoms in total. The van der Waals surface area contributed by atoms with E-state index in [1.54, 1.807) is 0 Å². The van der Waals surface area contributed by atoms with E-state index in [1.165, 1.54) is 0 Å². The summed E-state index contributed by atoms with van der Waals surface area (Å²) in [6.45, 7) is 0. The second kappa shape index (κ2) is 36.1. The van der Waals surface area contributed by atoms with Gasteiger partial charge in [-0.3, -0.25) is 0 Å². The SMILES string of the molecule is N.N.O=[N+]([O-])[O-].O=[N+]([O-])[O-].O=[N+]([O-])[O-].O=[N+]([O-])[O-].[Pt+4]. The van der Waals surface area contributed by atoms with Crippen LogP contribution in [0.25, 0.3) is 0 Å². The standard InChI is InChI=1S/4NO3.2H3N.Pt/c4*2-1(3)4;;;/h;;;;2*1H3;/q4*-1;;;+4. The number of nitrogens with zero attached hydrogens (tertiary/aromatic N) is 4. The molecule has 0 amide bonds. The molecule has 0 atom stereocenters. The fraction of sp³-hybridized carbons (Fsp3) is 0. The van der Waals surface area contributed by atoms with Gasteiger partial charge in [-0.1, -0.05) is 0 Å². The third-order valence-electron chi connectivity index (χ3n) is 0. The van der Waals surface area contributed by atoms with E-state index in [0.29, 0.717) is 0 Å². The summed E-state index contributed by atoms with van der Waals surface area (Å²) in [5.41, 5.74) is 0. The molecule has 0 aliphatic carbocycles. The molecule has 0 bridgehead atoms. The van der Waals surface area contributed by atoms with E-state index in [1.807, 2.05) is 0 Å². The van der Waals surface area contributed by atoms with Gasteiger partial charge in [-0.25, -0.2) is 0 Å².